The van der Waals surface area contributed by atoms with Gasteiger partial charge in [-0.15, -0.1) is 0 Å². The third-order valence-electron chi connectivity index (χ3n) is 4.20. The fourth-order valence-corrected chi connectivity index (χ4v) is 3.18. The zero-order valence-electron chi connectivity index (χ0n) is 12.1. The second-order valence-electron chi connectivity index (χ2n) is 5.40. The summed E-state index contributed by atoms with van der Waals surface area (Å²) in [5.74, 6) is -0.379. The molecule has 1 heterocycles. The van der Waals surface area contributed by atoms with Gasteiger partial charge in [-0.05, 0) is 31.2 Å². The number of nitrogens with zero attached hydrogens (tertiary/aromatic N) is 2. The SMILES string of the molecule is CCN1CCN(C(CN)c2ccc(F)c(Cl)c2)CC1C. The van der Waals surface area contributed by atoms with Crippen molar-refractivity contribution in [1.82, 2.24) is 9.80 Å². The van der Waals surface area contributed by atoms with Crippen molar-refractivity contribution in [2.45, 2.75) is 25.9 Å². The molecular formula is C15H23ClFN3. The lowest BCUT2D eigenvalue weighted by Gasteiger charge is -2.42. The topological polar surface area (TPSA) is 32.5 Å². The molecule has 0 aromatic heterocycles. The normalized spacial score (nSPS) is 22.9. The van der Waals surface area contributed by atoms with Crippen LogP contribution in [0.25, 0.3) is 0 Å². The van der Waals surface area contributed by atoms with Gasteiger partial charge in [-0.2, -0.15) is 0 Å². The third kappa shape index (κ3) is 3.31. The highest BCUT2D eigenvalue weighted by atomic mass is 35.5. The second kappa shape index (κ2) is 6.85. The van der Waals surface area contributed by atoms with Crippen molar-refractivity contribution in [2.24, 2.45) is 5.73 Å². The largest absolute Gasteiger partial charge is 0.329 e. The van der Waals surface area contributed by atoms with E-state index in [1.807, 2.05) is 0 Å². The molecule has 20 heavy (non-hydrogen) atoms. The summed E-state index contributed by atoms with van der Waals surface area (Å²) in [6, 6.07) is 5.53. The van der Waals surface area contributed by atoms with E-state index in [1.54, 1.807) is 12.1 Å². The lowest BCUT2D eigenvalue weighted by Crippen LogP contribution is -2.53. The van der Waals surface area contributed by atoms with Gasteiger partial charge in [0.1, 0.15) is 5.82 Å². The van der Waals surface area contributed by atoms with Gasteiger partial charge in [-0.25, -0.2) is 4.39 Å². The number of hydrogen-bond acceptors (Lipinski definition) is 3. The van der Waals surface area contributed by atoms with Gasteiger partial charge in [0, 0.05) is 38.3 Å². The van der Waals surface area contributed by atoms with Crippen molar-refractivity contribution in [3.05, 3.63) is 34.6 Å². The van der Waals surface area contributed by atoms with Gasteiger partial charge in [0.2, 0.25) is 0 Å². The van der Waals surface area contributed by atoms with E-state index in [9.17, 15) is 4.39 Å². The molecule has 0 bridgehead atoms. The second-order valence-corrected chi connectivity index (χ2v) is 5.80. The van der Waals surface area contributed by atoms with E-state index in [1.165, 1.54) is 6.07 Å². The average Bonchev–Trinajstić information content (AvgIpc) is 2.44. The van der Waals surface area contributed by atoms with Gasteiger partial charge >= 0.3 is 0 Å². The molecule has 112 valence electrons. The lowest BCUT2D eigenvalue weighted by atomic mass is 10.0. The van der Waals surface area contributed by atoms with Crippen molar-refractivity contribution in [1.29, 1.82) is 0 Å². The summed E-state index contributed by atoms with van der Waals surface area (Å²) in [5.41, 5.74) is 6.94. The van der Waals surface area contributed by atoms with Crippen LogP contribution in [0.2, 0.25) is 5.02 Å². The minimum atomic E-state index is -0.379. The minimum Gasteiger partial charge on any atom is -0.329 e. The molecule has 2 N–H and O–H groups in total. The molecule has 1 aliphatic rings. The van der Waals surface area contributed by atoms with E-state index >= 15 is 0 Å². The summed E-state index contributed by atoms with van der Waals surface area (Å²) in [6.45, 7) is 9.02. The predicted octanol–water partition coefficient (Wildman–Crippen LogP) is 2.50. The Morgan fingerprint density at radius 1 is 1.45 bits per heavy atom. The van der Waals surface area contributed by atoms with Crippen LogP contribution < -0.4 is 5.73 Å². The Morgan fingerprint density at radius 2 is 2.20 bits per heavy atom. The Labute approximate surface area is 125 Å². The molecule has 0 spiro atoms. The minimum absolute atomic E-state index is 0.106. The molecule has 0 amide bonds. The first-order chi connectivity index (χ1) is 9.56. The third-order valence-corrected chi connectivity index (χ3v) is 4.48. The first-order valence-corrected chi connectivity index (χ1v) is 7.57. The van der Waals surface area contributed by atoms with Gasteiger partial charge in [0.05, 0.1) is 5.02 Å². The van der Waals surface area contributed by atoms with Crippen LogP contribution in [0.15, 0.2) is 18.2 Å². The predicted molar refractivity (Wildman–Crippen MR) is 81.5 cm³/mol. The standard InChI is InChI=1S/C15H23ClFN3/c1-3-19-6-7-20(10-11(19)2)15(9-18)12-4-5-14(17)13(16)8-12/h4-5,8,11,15H,3,6-7,9-10,18H2,1-2H3. The summed E-state index contributed by atoms with van der Waals surface area (Å²) < 4.78 is 13.3. The highest BCUT2D eigenvalue weighted by molar-refractivity contribution is 6.30. The molecular weight excluding hydrogens is 277 g/mol. The number of rotatable bonds is 4. The molecule has 2 unspecified atom stereocenters. The molecule has 2 atom stereocenters. The molecule has 0 radical (unpaired) electrons. The molecule has 1 saturated heterocycles. The molecule has 1 aliphatic heterocycles. The highest BCUT2D eigenvalue weighted by Gasteiger charge is 2.28. The molecule has 1 fully saturated rings. The summed E-state index contributed by atoms with van der Waals surface area (Å²) in [7, 11) is 0. The number of benzene rings is 1. The quantitative estimate of drug-likeness (QED) is 0.927. The van der Waals surface area contributed by atoms with Crippen LogP contribution in [0.4, 0.5) is 4.39 Å². The van der Waals surface area contributed by atoms with Crippen LogP contribution in [0, 0.1) is 5.82 Å². The first kappa shape index (κ1) is 15.7. The number of hydrogen-bond donors (Lipinski definition) is 1. The summed E-state index contributed by atoms with van der Waals surface area (Å²) >= 11 is 5.89. The van der Waals surface area contributed by atoms with Gasteiger partial charge < -0.3 is 5.73 Å². The Balaban J connectivity index is 2.14. The Morgan fingerprint density at radius 3 is 2.75 bits per heavy atom. The summed E-state index contributed by atoms with van der Waals surface area (Å²) in [6.07, 6.45) is 0. The van der Waals surface area contributed by atoms with E-state index in [-0.39, 0.29) is 16.9 Å². The highest BCUT2D eigenvalue weighted by Crippen LogP contribution is 2.26. The van der Waals surface area contributed by atoms with Crippen molar-refractivity contribution in [3.8, 4) is 0 Å². The van der Waals surface area contributed by atoms with E-state index in [0.29, 0.717) is 12.6 Å². The fraction of sp³-hybridized carbons (Fsp3) is 0.600. The number of nitrogens with two attached hydrogens (primary N) is 1. The first-order valence-electron chi connectivity index (χ1n) is 7.20. The van der Waals surface area contributed by atoms with Crippen LogP contribution in [0.1, 0.15) is 25.5 Å². The fourth-order valence-electron chi connectivity index (χ4n) is 2.99. The van der Waals surface area contributed by atoms with E-state index in [2.05, 4.69) is 23.6 Å². The number of piperazine rings is 1. The maximum absolute atomic E-state index is 13.3. The maximum Gasteiger partial charge on any atom is 0.141 e. The van der Waals surface area contributed by atoms with Gasteiger partial charge in [0.25, 0.3) is 0 Å². The van der Waals surface area contributed by atoms with Crippen molar-refractivity contribution >= 4 is 11.6 Å². The molecule has 0 saturated carbocycles. The maximum atomic E-state index is 13.3. The van der Waals surface area contributed by atoms with E-state index in [0.717, 1.165) is 31.7 Å². The lowest BCUT2D eigenvalue weighted by molar-refractivity contribution is 0.0606. The Bertz CT molecular complexity index is 455. The molecule has 1 aromatic carbocycles. The molecule has 3 nitrogen and oxygen atoms in total. The van der Waals surface area contributed by atoms with E-state index < -0.39 is 0 Å². The Kier molecular flexibility index (Phi) is 5.38. The molecule has 0 aliphatic carbocycles. The molecule has 1 aromatic rings. The zero-order chi connectivity index (χ0) is 14.7. The van der Waals surface area contributed by atoms with Crippen molar-refractivity contribution in [3.63, 3.8) is 0 Å². The summed E-state index contributed by atoms with van der Waals surface area (Å²) in [4.78, 5) is 4.84. The van der Waals surface area contributed by atoms with Crippen LogP contribution in [-0.2, 0) is 0 Å². The van der Waals surface area contributed by atoms with Crippen LogP contribution in [-0.4, -0.2) is 48.6 Å². The average molecular weight is 300 g/mol. The van der Waals surface area contributed by atoms with Crippen molar-refractivity contribution in [2.75, 3.05) is 32.7 Å². The van der Waals surface area contributed by atoms with Crippen LogP contribution >= 0.6 is 11.6 Å². The molecule has 2 rings (SSSR count). The monoisotopic (exact) mass is 299 g/mol. The Hall–Kier alpha value is -0.680. The van der Waals surface area contributed by atoms with Gasteiger partial charge in [-0.1, -0.05) is 24.6 Å². The van der Waals surface area contributed by atoms with Gasteiger partial charge in [0.15, 0.2) is 0 Å². The number of halogens is 2. The van der Waals surface area contributed by atoms with Crippen LogP contribution in [0.5, 0.6) is 0 Å². The van der Waals surface area contributed by atoms with Crippen LogP contribution in [0.3, 0.4) is 0 Å². The van der Waals surface area contributed by atoms with Gasteiger partial charge in [-0.3, -0.25) is 9.80 Å². The number of likely N-dealkylation sites (N-methyl/N-ethyl adjacent to an activating group) is 1. The smallest absolute Gasteiger partial charge is 0.141 e. The van der Waals surface area contributed by atoms with Crippen molar-refractivity contribution < 1.29 is 4.39 Å². The van der Waals surface area contributed by atoms with E-state index in [4.69, 9.17) is 17.3 Å². The zero-order valence-corrected chi connectivity index (χ0v) is 12.9. The molecule has 5 heteroatoms. The summed E-state index contributed by atoms with van der Waals surface area (Å²) in [5, 5.41) is 0.168.